The van der Waals surface area contributed by atoms with Gasteiger partial charge in [0, 0.05) is 25.2 Å². The molecule has 1 heterocycles. The Bertz CT molecular complexity index is 401. The fourth-order valence-corrected chi connectivity index (χ4v) is 2.49. The zero-order valence-corrected chi connectivity index (χ0v) is 13.9. The SMILES string of the molecule is CCCCCN(c1ncnc(NC)c1C(C)C)C(C)C. The van der Waals surface area contributed by atoms with E-state index in [2.05, 4.69) is 54.8 Å². The Morgan fingerprint density at radius 1 is 1.15 bits per heavy atom. The fraction of sp³-hybridized carbons (Fsp3) is 0.750. The number of aromatic nitrogens is 2. The predicted octanol–water partition coefficient (Wildman–Crippen LogP) is 4.05. The van der Waals surface area contributed by atoms with Crippen molar-refractivity contribution < 1.29 is 0 Å². The molecule has 4 heteroatoms. The van der Waals surface area contributed by atoms with Crippen LogP contribution in [0.4, 0.5) is 11.6 Å². The molecule has 0 aromatic carbocycles. The first kappa shape index (κ1) is 16.7. The molecule has 0 unspecified atom stereocenters. The quantitative estimate of drug-likeness (QED) is 0.728. The Balaban J connectivity index is 3.12. The molecule has 0 fully saturated rings. The molecule has 0 radical (unpaired) electrons. The molecule has 1 aromatic rings. The van der Waals surface area contributed by atoms with Gasteiger partial charge in [-0.05, 0) is 26.2 Å². The van der Waals surface area contributed by atoms with Crippen molar-refractivity contribution in [3.63, 3.8) is 0 Å². The summed E-state index contributed by atoms with van der Waals surface area (Å²) in [5.41, 5.74) is 1.22. The second kappa shape index (κ2) is 8.08. The minimum Gasteiger partial charge on any atom is -0.373 e. The standard InChI is InChI=1S/C16H30N4/c1-7-8-9-10-20(13(4)5)16-14(12(2)3)15(17-6)18-11-19-16/h11-13H,7-10H2,1-6H3,(H,17,18,19). The third-order valence-corrected chi connectivity index (χ3v) is 3.58. The van der Waals surface area contributed by atoms with Crippen LogP contribution in [0.5, 0.6) is 0 Å². The molecule has 0 amide bonds. The molecule has 0 bridgehead atoms. The van der Waals surface area contributed by atoms with Gasteiger partial charge in [-0.1, -0.05) is 33.6 Å². The van der Waals surface area contributed by atoms with Crippen molar-refractivity contribution in [2.75, 3.05) is 23.8 Å². The molecule has 0 aliphatic heterocycles. The Morgan fingerprint density at radius 2 is 1.85 bits per heavy atom. The average molecular weight is 278 g/mol. The van der Waals surface area contributed by atoms with Crippen molar-refractivity contribution in [1.29, 1.82) is 0 Å². The molecule has 0 aliphatic rings. The minimum absolute atomic E-state index is 0.404. The highest BCUT2D eigenvalue weighted by Gasteiger charge is 2.20. The Morgan fingerprint density at radius 3 is 2.35 bits per heavy atom. The average Bonchev–Trinajstić information content (AvgIpc) is 2.42. The van der Waals surface area contributed by atoms with E-state index in [0.29, 0.717) is 12.0 Å². The maximum atomic E-state index is 4.58. The van der Waals surface area contributed by atoms with Gasteiger partial charge in [-0.15, -0.1) is 0 Å². The highest BCUT2D eigenvalue weighted by molar-refractivity contribution is 5.60. The highest BCUT2D eigenvalue weighted by atomic mass is 15.2. The van der Waals surface area contributed by atoms with E-state index in [0.717, 1.165) is 18.2 Å². The molecule has 0 spiro atoms. The Hall–Kier alpha value is -1.32. The van der Waals surface area contributed by atoms with Gasteiger partial charge in [0.2, 0.25) is 0 Å². The van der Waals surface area contributed by atoms with Crippen LogP contribution in [0.2, 0.25) is 0 Å². The first-order valence-corrected chi connectivity index (χ1v) is 7.82. The summed E-state index contributed by atoms with van der Waals surface area (Å²) in [6.45, 7) is 12.2. The van der Waals surface area contributed by atoms with Crippen molar-refractivity contribution in [3.05, 3.63) is 11.9 Å². The van der Waals surface area contributed by atoms with Gasteiger partial charge in [0.25, 0.3) is 0 Å². The largest absolute Gasteiger partial charge is 0.373 e. The number of hydrogen-bond acceptors (Lipinski definition) is 4. The van der Waals surface area contributed by atoms with Crippen LogP contribution < -0.4 is 10.2 Å². The van der Waals surface area contributed by atoms with E-state index in [1.807, 2.05) is 7.05 Å². The van der Waals surface area contributed by atoms with Gasteiger partial charge in [-0.25, -0.2) is 9.97 Å². The Labute approximate surface area is 124 Å². The molecule has 0 saturated heterocycles. The van der Waals surface area contributed by atoms with E-state index >= 15 is 0 Å². The number of hydrogen-bond donors (Lipinski definition) is 1. The van der Waals surface area contributed by atoms with Gasteiger partial charge in [-0.2, -0.15) is 0 Å². The van der Waals surface area contributed by atoms with E-state index in [9.17, 15) is 0 Å². The van der Waals surface area contributed by atoms with Crippen LogP contribution in [-0.2, 0) is 0 Å². The molecule has 1 rings (SSSR count). The van der Waals surface area contributed by atoms with Crippen molar-refractivity contribution >= 4 is 11.6 Å². The van der Waals surface area contributed by atoms with Crippen LogP contribution >= 0.6 is 0 Å². The zero-order valence-electron chi connectivity index (χ0n) is 13.9. The monoisotopic (exact) mass is 278 g/mol. The van der Waals surface area contributed by atoms with E-state index in [-0.39, 0.29) is 0 Å². The summed E-state index contributed by atoms with van der Waals surface area (Å²) in [6.07, 6.45) is 5.39. The topological polar surface area (TPSA) is 41.1 Å². The minimum atomic E-state index is 0.404. The van der Waals surface area contributed by atoms with E-state index in [1.54, 1.807) is 6.33 Å². The van der Waals surface area contributed by atoms with Crippen LogP contribution in [0.25, 0.3) is 0 Å². The molecule has 0 atom stereocenters. The number of anilines is 2. The van der Waals surface area contributed by atoms with Crippen LogP contribution in [0.1, 0.15) is 65.4 Å². The Kier molecular flexibility index (Phi) is 6.76. The molecule has 0 aliphatic carbocycles. The summed E-state index contributed by atoms with van der Waals surface area (Å²) in [4.78, 5) is 11.4. The lowest BCUT2D eigenvalue weighted by atomic mass is 10.0. The zero-order chi connectivity index (χ0) is 15.1. The third-order valence-electron chi connectivity index (χ3n) is 3.58. The predicted molar refractivity (Wildman–Crippen MR) is 87.7 cm³/mol. The van der Waals surface area contributed by atoms with Crippen molar-refractivity contribution in [1.82, 2.24) is 9.97 Å². The van der Waals surface area contributed by atoms with Gasteiger partial charge < -0.3 is 10.2 Å². The molecule has 114 valence electrons. The molecular formula is C16H30N4. The molecule has 20 heavy (non-hydrogen) atoms. The lowest BCUT2D eigenvalue weighted by Crippen LogP contribution is -2.34. The van der Waals surface area contributed by atoms with Gasteiger partial charge in [0.1, 0.15) is 18.0 Å². The van der Waals surface area contributed by atoms with Crippen molar-refractivity contribution in [3.8, 4) is 0 Å². The van der Waals surface area contributed by atoms with Crippen LogP contribution in [0, 0.1) is 0 Å². The third kappa shape index (κ3) is 4.09. The van der Waals surface area contributed by atoms with Crippen LogP contribution in [-0.4, -0.2) is 29.6 Å². The summed E-state index contributed by atoms with van der Waals surface area (Å²) in [7, 11) is 1.93. The molecule has 1 aromatic heterocycles. The smallest absolute Gasteiger partial charge is 0.137 e. The summed E-state index contributed by atoms with van der Waals surface area (Å²) < 4.78 is 0. The normalized spacial score (nSPS) is 11.2. The van der Waals surface area contributed by atoms with Gasteiger partial charge >= 0.3 is 0 Å². The van der Waals surface area contributed by atoms with Crippen LogP contribution in [0.3, 0.4) is 0 Å². The van der Waals surface area contributed by atoms with Crippen molar-refractivity contribution in [2.24, 2.45) is 0 Å². The van der Waals surface area contributed by atoms with Crippen molar-refractivity contribution in [2.45, 2.75) is 65.8 Å². The van der Waals surface area contributed by atoms with E-state index < -0.39 is 0 Å². The lowest BCUT2D eigenvalue weighted by Gasteiger charge is -2.31. The fourth-order valence-electron chi connectivity index (χ4n) is 2.49. The van der Waals surface area contributed by atoms with Gasteiger partial charge in [0.05, 0.1) is 0 Å². The summed E-state index contributed by atoms with van der Waals surface area (Å²) in [6, 6.07) is 0.448. The second-order valence-electron chi connectivity index (χ2n) is 5.86. The maximum Gasteiger partial charge on any atom is 0.137 e. The second-order valence-corrected chi connectivity index (χ2v) is 5.86. The molecular weight excluding hydrogens is 248 g/mol. The summed E-state index contributed by atoms with van der Waals surface area (Å²) in [5.74, 6) is 2.44. The number of nitrogens with zero attached hydrogens (tertiary/aromatic N) is 3. The summed E-state index contributed by atoms with van der Waals surface area (Å²) >= 11 is 0. The van der Waals surface area contributed by atoms with E-state index in [4.69, 9.17) is 0 Å². The lowest BCUT2D eigenvalue weighted by molar-refractivity contribution is 0.614. The van der Waals surface area contributed by atoms with Gasteiger partial charge in [0.15, 0.2) is 0 Å². The van der Waals surface area contributed by atoms with Crippen LogP contribution in [0.15, 0.2) is 6.33 Å². The highest BCUT2D eigenvalue weighted by Crippen LogP contribution is 2.31. The molecule has 4 nitrogen and oxygen atoms in total. The van der Waals surface area contributed by atoms with E-state index in [1.165, 1.54) is 24.8 Å². The number of rotatable bonds is 8. The first-order chi connectivity index (χ1) is 9.52. The number of nitrogens with one attached hydrogen (secondary N) is 1. The maximum absolute atomic E-state index is 4.58. The summed E-state index contributed by atoms with van der Waals surface area (Å²) in [5, 5.41) is 3.20. The molecule has 0 saturated carbocycles. The molecule has 1 N–H and O–H groups in total. The number of unbranched alkanes of at least 4 members (excludes halogenated alkanes) is 2. The first-order valence-electron chi connectivity index (χ1n) is 7.82. The van der Waals surface area contributed by atoms with Gasteiger partial charge in [-0.3, -0.25) is 0 Å².